The molecule has 0 amide bonds. The van der Waals surface area contributed by atoms with Crippen molar-refractivity contribution in [2.45, 2.75) is 22.7 Å². The molecule has 0 radical (unpaired) electrons. The quantitative estimate of drug-likeness (QED) is 0.944. The van der Waals surface area contributed by atoms with Crippen LogP contribution in [0.25, 0.3) is 0 Å². The van der Waals surface area contributed by atoms with Crippen LogP contribution >= 0.6 is 39.2 Å². The molecule has 16 heavy (non-hydrogen) atoms. The molecule has 2 rings (SSSR count). The number of rotatable bonds is 3. The first-order valence-electron chi connectivity index (χ1n) is 4.66. The lowest BCUT2D eigenvalue weighted by Gasteiger charge is -2.06. The standard InChI is InChI=1S/C10H10BrN3S2/c1-6-13-10(16-14-6)15-9-4-2-3-8(11)7(9)5-12/h2-4H,5,12H2,1H3. The van der Waals surface area contributed by atoms with Gasteiger partial charge in [0.15, 0.2) is 4.34 Å². The first-order chi connectivity index (χ1) is 7.70. The Bertz CT molecular complexity index is 499. The Morgan fingerprint density at radius 1 is 1.50 bits per heavy atom. The van der Waals surface area contributed by atoms with Crippen molar-refractivity contribution >= 4 is 39.2 Å². The Balaban J connectivity index is 2.30. The molecule has 1 aromatic carbocycles. The highest BCUT2D eigenvalue weighted by Crippen LogP contribution is 2.34. The molecule has 84 valence electrons. The van der Waals surface area contributed by atoms with Crippen LogP contribution in [-0.2, 0) is 6.54 Å². The molecule has 0 saturated heterocycles. The fourth-order valence-corrected chi connectivity index (χ4v) is 3.69. The lowest BCUT2D eigenvalue weighted by atomic mass is 10.2. The van der Waals surface area contributed by atoms with E-state index in [-0.39, 0.29) is 0 Å². The van der Waals surface area contributed by atoms with E-state index in [9.17, 15) is 0 Å². The molecule has 3 nitrogen and oxygen atoms in total. The number of halogens is 1. The van der Waals surface area contributed by atoms with Gasteiger partial charge in [-0.15, -0.1) is 0 Å². The summed E-state index contributed by atoms with van der Waals surface area (Å²) in [6.45, 7) is 2.41. The molecule has 6 heteroatoms. The topological polar surface area (TPSA) is 51.8 Å². The summed E-state index contributed by atoms with van der Waals surface area (Å²) in [5.74, 6) is 0.816. The first kappa shape index (κ1) is 12.0. The Morgan fingerprint density at radius 2 is 2.31 bits per heavy atom. The van der Waals surface area contributed by atoms with Crippen molar-refractivity contribution in [3.05, 3.63) is 34.1 Å². The molecular formula is C10H10BrN3S2. The van der Waals surface area contributed by atoms with Crippen LogP contribution in [0.15, 0.2) is 31.9 Å². The van der Waals surface area contributed by atoms with Crippen LogP contribution in [0.3, 0.4) is 0 Å². The van der Waals surface area contributed by atoms with Gasteiger partial charge in [0.25, 0.3) is 0 Å². The molecule has 0 bridgehead atoms. The summed E-state index contributed by atoms with van der Waals surface area (Å²) < 4.78 is 6.15. The van der Waals surface area contributed by atoms with Crippen LogP contribution in [0.4, 0.5) is 0 Å². The molecule has 0 saturated carbocycles. The zero-order chi connectivity index (χ0) is 11.5. The lowest BCUT2D eigenvalue weighted by Crippen LogP contribution is -1.99. The summed E-state index contributed by atoms with van der Waals surface area (Å²) in [6.07, 6.45) is 0. The molecule has 1 aromatic heterocycles. The number of hydrogen-bond acceptors (Lipinski definition) is 5. The second-order valence-electron chi connectivity index (χ2n) is 3.13. The van der Waals surface area contributed by atoms with E-state index in [0.29, 0.717) is 6.54 Å². The predicted molar refractivity (Wildman–Crippen MR) is 70.8 cm³/mol. The molecule has 1 heterocycles. The molecule has 0 fully saturated rings. The van der Waals surface area contributed by atoms with Gasteiger partial charge in [0.05, 0.1) is 0 Å². The van der Waals surface area contributed by atoms with Crippen LogP contribution in [0, 0.1) is 6.92 Å². The smallest absolute Gasteiger partial charge is 0.174 e. The summed E-state index contributed by atoms with van der Waals surface area (Å²) in [4.78, 5) is 5.46. The van der Waals surface area contributed by atoms with Crippen LogP contribution in [-0.4, -0.2) is 9.36 Å². The summed E-state index contributed by atoms with van der Waals surface area (Å²) in [5, 5.41) is 0. The van der Waals surface area contributed by atoms with Gasteiger partial charge in [-0.2, -0.15) is 4.37 Å². The molecule has 0 aliphatic rings. The maximum atomic E-state index is 5.73. The number of benzene rings is 1. The third kappa shape index (κ3) is 2.63. The van der Waals surface area contributed by atoms with E-state index in [1.807, 2.05) is 25.1 Å². The van der Waals surface area contributed by atoms with Crippen molar-refractivity contribution < 1.29 is 0 Å². The molecule has 0 atom stereocenters. The van der Waals surface area contributed by atoms with Gasteiger partial charge in [-0.05, 0) is 36.2 Å². The summed E-state index contributed by atoms with van der Waals surface area (Å²) in [7, 11) is 0. The van der Waals surface area contributed by atoms with Crippen molar-refractivity contribution in [3.63, 3.8) is 0 Å². The van der Waals surface area contributed by atoms with Gasteiger partial charge in [0.1, 0.15) is 5.82 Å². The second-order valence-corrected chi connectivity index (χ2v) is 6.03. The van der Waals surface area contributed by atoms with Crippen LogP contribution < -0.4 is 5.73 Å². The van der Waals surface area contributed by atoms with Crippen molar-refractivity contribution in [1.82, 2.24) is 9.36 Å². The monoisotopic (exact) mass is 315 g/mol. The second kappa shape index (κ2) is 5.27. The summed E-state index contributed by atoms with van der Waals surface area (Å²) in [6, 6.07) is 6.05. The van der Waals surface area contributed by atoms with E-state index >= 15 is 0 Å². The Morgan fingerprint density at radius 3 is 2.94 bits per heavy atom. The molecule has 2 N–H and O–H groups in total. The van der Waals surface area contributed by atoms with Crippen LogP contribution in [0.1, 0.15) is 11.4 Å². The Hall–Kier alpha value is -0.430. The van der Waals surface area contributed by atoms with E-state index < -0.39 is 0 Å². The number of aromatic nitrogens is 2. The van der Waals surface area contributed by atoms with Gasteiger partial charge < -0.3 is 5.73 Å². The minimum atomic E-state index is 0.515. The highest BCUT2D eigenvalue weighted by Gasteiger charge is 2.09. The predicted octanol–water partition coefficient (Wildman–Crippen LogP) is 3.22. The molecule has 0 aliphatic carbocycles. The molecular weight excluding hydrogens is 306 g/mol. The third-order valence-corrected chi connectivity index (χ3v) is 4.67. The third-order valence-electron chi connectivity index (χ3n) is 1.99. The number of nitrogens with two attached hydrogens (primary N) is 1. The minimum Gasteiger partial charge on any atom is -0.326 e. The Labute approximate surface area is 111 Å². The summed E-state index contributed by atoms with van der Waals surface area (Å²) in [5.41, 5.74) is 6.85. The molecule has 2 aromatic rings. The van der Waals surface area contributed by atoms with E-state index in [2.05, 4.69) is 25.3 Å². The highest BCUT2D eigenvalue weighted by molar-refractivity contribution is 9.10. The minimum absolute atomic E-state index is 0.515. The number of aryl methyl sites for hydroxylation is 1. The molecule has 0 spiro atoms. The number of nitrogens with zero attached hydrogens (tertiary/aromatic N) is 2. The van der Waals surface area contributed by atoms with Crippen LogP contribution in [0.2, 0.25) is 0 Å². The Kier molecular flexibility index (Phi) is 3.96. The SMILES string of the molecule is Cc1nsc(Sc2cccc(Br)c2CN)n1. The first-order valence-corrected chi connectivity index (χ1v) is 7.04. The van der Waals surface area contributed by atoms with E-state index in [0.717, 1.165) is 25.1 Å². The van der Waals surface area contributed by atoms with Gasteiger partial charge in [0.2, 0.25) is 0 Å². The summed E-state index contributed by atoms with van der Waals surface area (Å²) >= 11 is 6.52. The average molecular weight is 316 g/mol. The van der Waals surface area contributed by atoms with Gasteiger partial charge in [-0.25, -0.2) is 4.98 Å². The van der Waals surface area contributed by atoms with Crippen molar-refractivity contribution in [2.24, 2.45) is 5.73 Å². The highest BCUT2D eigenvalue weighted by atomic mass is 79.9. The largest absolute Gasteiger partial charge is 0.326 e. The van der Waals surface area contributed by atoms with Crippen molar-refractivity contribution in [1.29, 1.82) is 0 Å². The lowest BCUT2D eigenvalue weighted by molar-refractivity contribution is 1.01. The van der Waals surface area contributed by atoms with Crippen molar-refractivity contribution in [3.8, 4) is 0 Å². The number of hydrogen-bond donors (Lipinski definition) is 1. The maximum absolute atomic E-state index is 5.73. The average Bonchev–Trinajstić information content (AvgIpc) is 2.64. The zero-order valence-electron chi connectivity index (χ0n) is 8.61. The van der Waals surface area contributed by atoms with Crippen LogP contribution in [0.5, 0.6) is 0 Å². The maximum Gasteiger partial charge on any atom is 0.174 e. The molecule has 0 aliphatic heterocycles. The van der Waals surface area contributed by atoms with E-state index in [4.69, 9.17) is 5.73 Å². The van der Waals surface area contributed by atoms with Gasteiger partial charge in [0, 0.05) is 15.9 Å². The normalized spacial score (nSPS) is 10.7. The fourth-order valence-electron chi connectivity index (χ4n) is 1.25. The van der Waals surface area contributed by atoms with Crippen molar-refractivity contribution in [2.75, 3.05) is 0 Å². The van der Waals surface area contributed by atoms with Gasteiger partial charge in [-0.1, -0.05) is 33.8 Å². The van der Waals surface area contributed by atoms with Gasteiger partial charge in [-0.3, -0.25) is 0 Å². The molecule has 0 unspecified atom stereocenters. The fraction of sp³-hybridized carbons (Fsp3) is 0.200. The van der Waals surface area contributed by atoms with E-state index in [1.165, 1.54) is 11.5 Å². The zero-order valence-corrected chi connectivity index (χ0v) is 11.8. The van der Waals surface area contributed by atoms with Gasteiger partial charge >= 0.3 is 0 Å². The van der Waals surface area contributed by atoms with E-state index in [1.54, 1.807) is 11.8 Å².